The molecule has 0 aliphatic carbocycles. The number of benzene rings is 3. The molecule has 3 aromatic carbocycles. The summed E-state index contributed by atoms with van der Waals surface area (Å²) < 4.78 is 9.74. The Hall–Kier alpha value is -4.13. The highest BCUT2D eigenvalue weighted by Gasteiger charge is 2.17. The predicted octanol–water partition coefficient (Wildman–Crippen LogP) is 2.92. The number of fused-ring (bicyclic) bond motifs is 3. The molecule has 0 radical (unpaired) electrons. The second-order valence-corrected chi connectivity index (χ2v) is 7.32. The topological polar surface area (TPSA) is 70.5 Å². The zero-order valence-corrected chi connectivity index (χ0v) is 16.9. The Balaban J connectivity index is 1.74. The van der Waals surface area contributed by atoms with Gasteiger partial charge in [0.05, 0.1) is 31.1 Å². The van der Waals surface area contributed by atoms with Crippen LogP contribution < -0.4 is 16.0 Å². The van der Waals surface area contributed by atoms with Gasteiger partial charge in [0.1, 0.15) is 5.75 Å². The van der Waals surface area contributed by atoms with Crippen molar-refractivity contribution >= 4 is 16.7 Å². The lowest BCUT2D eigenvalue weighted by atomic mass is 10.2. The van der Waals surface area contributed by atoms with E-state index in [4.69, 9.17) is 4.74 Å². The lowest BCUT2D eigenvalue weighted by Gasteiger charge is -2.09. The minimum atomic E-state index is -0.296. The van der Waals surface area contributed by atoms with Crippen molar-refractivity contribution in [3.63, 3.8) is 0 Å². The van der Waals surface area contributed by atoms with Gasteiger partial charge >= 0.3 is 5.69 Å². The average molecular weight is 412 g/mol. The molecule has 0 fully saturated rings. The summed E-state index contributed by atoms with van der Waals surface area (Å²) in [7, 11) is 1.60. The minimum Gasteiger partial charge on any atom is -0.497 e. The van der Waals surface area contributed by atoms with Gasteiger partial charge in [-0.05, 0) is 35.4 Å². The van der Waals surface area contributed by atoms with Gasteiger partial charge in [-0.25, -0.2) is 13.9 Å². The largest absolute Gasteiger partial charge is 0.497 e. The van der Waals surface area contributed by atoms with Gasteiger partial charge in [-0.2, -0.15) is 0 Å². The van der Waals surface area contributed by atoms with Crippen LogP contribution in [-0.2, 0) is 13.1 Å². The van der Waals surface area contributed by atoms with Crippen LogP contribution in [0.4, 0.5) is 0 Å². The first-order valence-electron chi connectivity index (χ1n) is 9.93. The molecule has 0 bridgehead atoms. The predicted molar refractivity (Wildman–Crippen MR) is 119 cm³/mol. The van der Waals surface area contributed by atoms with Gasteiger partial charge < -0.3 is 4.74 Å². The van der Waals surface area contributed by atoms with Crippen molar-refractivity contribution in [1.29, 1.82) is 0 Å². The van der Waals surface area contributed by atoms with Gasteiger partial charge in [-0.1, -0.05) is 54.6 Å². The van der Waals surface area contributed by atoms with Crippen LogP contribution in [0.15, 0.2) is 88.5 Å². The van der Waals surface area contributed by atoms with Crippen molar-refractivity contribution in [3.8, 4) is 5.75 Å². The van der Waals surface area contributed by atoms with E-state index in [1.54, 1.807) is 29.9 Å². The fourth-order valence-corrected chi connectivity index (χ4v) is 3.82. The Bertz CT molecular complexity index is 1510. The highest BCUT2D eigenvalue weighted by Crippen LogP contribution is 2.15. The van der Waals surface area contributed by atoms with E-state index in [0.29, 0.717) is 29.0 Å². The van der Waals surface area contributed by atoms with Crippen molar-refractivity contribution in [3.05, 3.63) is 111 Å². The summed E-state index contributed by atoms with van der Waals surface area (Å²) in [5.41, 5.74) is 1.91. The fraction of sp³-hybridized carbons (Fsp3) is 0.125. The maximum atomic E-state index is 13.3. The molecule has 2 aromatic heterocycles. The van der Waals surface area contributed by atoms with Gasteiger partial charge in [0, 0.05) is 0 Å². The molecule has 0 aliphatic rings. The molecule has 0 unspecified atom stereocenters. The Morgan fingerprint density at radius 1 is 0.839 bits per heavy atom. The molecule has 7 nitrogen and oxygen atoms in total. The lowest BCUT2D eigenvalue weighted by Crippen LogP contribution is -2.27. The van der Waals surface area contributed by atoms with E-state index >= 15 is 0 Å². The van der Waals surface area contributed by atoms with Crippen LogP contribution in [0.25, 0.3) is 16.7 Å². The summed E-state index contributed by atoms with van der Waals surface area (Å²) in [5, 5.41) is 5.04. The van der Waals surface area contributed by atoms with Crippen LogP contribution in [0.3, 0.4) is 0 Å². The van der Waals surface area contributed by atoms with E-state index in [0.717, 1.165) is 11.1 Å². The number of hydrogen-bond acceptors (Lipinski definition) is 4. The normalized spacial score (nSPS) is 11.3. The molecular weight excluding hydrogens is 392 g/mol. The molecule has 7 heteroatoms. The Morgan fingerprint density at radius 2 is 1.58 bits per heavy atom. The first-order valence-corrected chi connectivity index (χ1v) is 9.93. The third-order valence-corrected chi connectivity index (χ3v) is 5.33. The fourth-order valence-electron chi connectivity index (χ4n) is 3.82. The summed E-state index contributed by atoms with van der Waals surface area (Å²) in [4.78, 5) is 26.6. The SMILES string of the molecule is COc1cccc(Cn2nc3n(Cc4ccccc4)c(=O)c4ccccc4n3c2=O)c1. The van der Waals surface area contributed by atoms with Crippen molar-refractivity contribution in [2.45, 2.75) is 13.1 Å². The van der Waals surface area contributed by atoms with Gasteiger partial charge in [0.2, 0.25) is 5.78 Å². The number of aromatic nitrogens is 4. The average Bonchev–Trinajstić information content (AvgIpc) is 3.13. The molecule has 31 heavy (non-hydrogen) atoms. The van der Waals surface area contributed by atoms with Crippen LogP contribution in [0.1, 0.15) is 11.1 Å². The zero-order chi connectivity index (χ0) is 21.4. The molecule has 0 saturated carbocycles. The smallest absolute Gasteiger partial charge is 0.352 e. The number of rotatable bonds is 5. The lowest BCUT2D eigenvalue weighted by molar-refractivity contribution is 0.414. The summed E-state index contributed by atoms with van der Waals surface area (Å²) in [6, 6.07) is 24.3. The molecule has 0 amide bonds. The van der Waals surface area contributed by atoms with E-state index in [1.165, 1.54) is 9.08 Å². The number of nitrogens with zero attached hydrogens (tertiary/aromatic N) is 4. The Kier molecular flexibility index (Phi) is 4.63. The van der Waals surface area contributed by atoms with Crippen LogP contribution in [0.5, 0.6) is 5.75 Å². The van der Waals surface area contributed by atoms with Crippen LogP contribution in [0, 0.1) is 0 Å². The third-order valence-electron chi connectivity index (χ3n) is 5.33. The Labute approximate surface area is 177 Å². The van der Waals surface area contributed by atoms with Gasteiger partial charge in [-0.3, -0.25) is 9.36 Å². The molecule has 0 N–H and O–H groups in total. The van der Waals surface area contributed by atoms with Crippen molar-refractivity contribution < 1.29 is 4.74 Å². The molecule has 2 heterocycles. The maximum Gasteiger partial charge on any atom is 0.352 e. The number of methoxy groups -OCH3 is 1. The minimum absolute atomic E-state index is 0.175. The highest BCUT2D eigenvalue weighted by molar-refractivity contribution is 5.80. The van der Waals surface area contributed by atoms with Crippen LogP contribution >= 0.6 is 0 Å². The third kappa shape index (κ3) is 3.30. The quantitative estimate of drug-likeness (QED) is 0.445. The number of hydrogen-bond donors (Lipinski definition) is 0. The van der Waals surface area contributed by atoms with E-state index in [9.17, 15) is 9.59 Å². The standard InChI is InChI=1S/C24H20N4O3/c1-31-19-11-7-10-18(14-19)16-27-24(30)28-21-13-6-5-12-20(21)22(29)26(23(28)25-27)15-17-8-3-2-4-9-17/h2-14H,15-16H2,1H3. The summed E-state index contributed by atoms with van der Waals surface area (Å²) >= 11 is 0. The first-order chi connectivity index (χ1) is 15.2. The molecule has 0 spiro atoms. The molecule has 0 atom stereocenters. The second kappa shape index (κ2) is 7.60. The van der Waals surface area contributed by atoms with Crippen LogP contribution in [0.2, 0.25) is 0 Å². The van der Waals surface area contributed by atoms with Crippen molar-refractivity contribution in [1.82, 2.24) is 18.7 Å². The van der Waals surface area contributed by atoms with E-state index in [2.05, 4.69) is 5.10 Å². The molecule has 5 rings (SSSR count). The van der Waals surface area contributed by atoms with Gasteiger partial charge in [0.25, 0.3) is 5.56 Å². The first kappa shape index (κ1) is 18.9. The number of para-hydroxylation sites is 1. The second-order valence-electron chi connectivity index (χ2n) is 7.32. The van der Waals surface area contributed by atoms with Gasteiger partial charge in [-0.15, -0.1) is 5.10 Å². The number of ether oxygens (including phenoxy) is 1. The van der Waals surface area contributed by atoms with E-state index < -0.39 is 0 Å². The summed E-state index contributed by atoms with van der Waals surface area (Å²) in [5.74, 6) is 1.03. The van der Waals surface area contributed by atoms with Gasteiger partial charge in [0.15, 0.2) is 0 Å². The Morgan fingerprint density at radius 3 is 2.39 bits per heavy atom. The van der Waals surface area contributed by atoms with Crippen molar-refractivity contribution in [2.75, 3.05) is 7.11 Å². The molecule has 154 valence electrons. The summed E-state index contributed by atoms with van der Waals surface area (Å²) in [6.07, 6.45) is 0. The molecular formula is C24H20N4O3. The monoisotopic (exact) mass is 412 g/mol. The zero-order valence-electron chi connectivity index (χ0n) is 16.9. The van der Waals surface area contributed by atoms with E-state index in [1.807, 2.05) is 60.7 Å². The highest BCUT2D eigenvalue weighted by atomic mass is 16.5. The summed E-state index contributed by atoms with van der Waals surface area (Å²) in [6.45, 7) is 0.592. The van der Waals surface area contributed by atoms with E-state index in [-0.39, 0.29) is 17.8 Å². The molecule has 5 aromatic rings. The molecule has 0 saturated heterocycles. The maximum absolute atomic E-state index is 13.3. The van der Waals surface area contributed by atoms with Crippen LogP contribution in [-0.4, -0.2) is 25.9 Å². The van der Waals surface area contributed by atoms with Crippen molar-refractivity contribution in [2.24, 2.45) is 0 Å². The molecule has 0 aliphatic heterocycles.